The summed E-state index contributed by atoms with van der Waals surface area (Å²) in [6, 6.07) is 31.4. The zero-order chi connectivity index (χ0) is 18.7. The number of halogens is 1. The number of furan rings is 1. The van der Waals surface area contributed by atoms with Gasteiger partial charge in [0.05, 0.1) is 0 Å². The molecule has 0 aliphatic rings. The zero-order valence-electron chi connectivity index (χ0n) is 14.9. The second kappa shape index (κ2) is 5.85. The van der Waals surface area contributed by atoms with Gasteiger partial charge in [-0.05, 0) is 51.4 Å². The number of para-hydroxylation sites is 1. The highest BCUT2D eigenvalue weighted by Crippen LogP contribution is 2.41. The fraction of sp³-hybridized carbons (Fsp3) is 0. The van der Waals surface area contributed by atoms with E-state index in [-0.39, 0.29) is 0 Å². The molecule has 0 aliphatic heterocycles. The lowest BCUT2D eigenvalue weighted by Crippen LogP contribution is -1.84. The summed E-state index contributed by atoms with van der Waals surface area (Å²) < 4.78 is 6.06. The van der Waals surface area contributed by atoms with Gasteiger partial charge in [-0.25, -0.2) is 0 Å². The van der Waals surface area contributed by atoms with Crippen LogP contribution in [0.1, 0.15) is 0 Å². The lowest BCUT2D eigenvalue weighted by atomic mass is 9.95. The minimum absolute atomic E-state index is 0.735. The minimum atomic E-state index is 0.735. The topological polar surface area (TPSA) is 13.1 Å². The number of fused-ring (bicyclic) bond motifs is 6. The maximum absolute atomic E-state index is 6.70. The predicted molar refractivity (Wildman–Crippen MR) is 119 cm³/mol. The second-order valence-electron chi connectivity index (χ2n) is 7.12. The quantitative estimate of drug-likeness (QED) is 0.263. The summed E-state index contributed by atoms with van der Waals surface area (Å²) >= 11 is 6.70. The largest absolute Gasteiger partial charge is 0.456 e. The van der Waals surface area contributed by atoms with Gasteiger partial charge in [0.25, 0.3) is 0 Å². The van der Waals surface area contributed by atoms with Crippen LogP contribution in [0.2, 0.25) is 5.02 Å². The summed E-state index contributed by atoms with van der Waals surface area (Å²) in [7, 11) is 0. The molecule has 1 nitrogen and oxygen atoms in total. The van der Waals surface area contributed by atoms with Crippen molar-refractivity contribution in [3.8, 4) is 11.1 Å². The van der Waals surface area contributed by atoms with Crippen molar-refractivity contribution >= 4 is 55.1 Å². The molecule has 2 heteroatoms. The van der Waals surface area contributed by atoms with Gasteiger partial charge in [-0.1, -0.05) is 78.3 Å². The van der Waals surface area contributed by atoms with Crippen molar-refractivity contribution in [2.24, 2.45) is 0 Å². The molecule has 0 amide bonds. The maximum atomic E-state index is 6.70. The van der Waals surface area contributed by atoms with Crippen LogP contribution in [-0.4, -0.2) is 0 Å². The molecule has 6 aromatic rings. The Balaban J connectivity index is 1.70. The molecule has 0 spiro atoms. The van der Waals surface area contributed by atoms with Gasteiger partial charge in [-0.15, -0.1) is 0 Å². The molecule has 0 radical (unpaired) electrons. The summed E-state index contributed by atoms with van der Waals surface area (Å²) in [5.74, 6) is 0. The lowest BCUT2D eigenvalue weighted by molar-refractivity contribution is 0.669. The molecule has 0 N–H and O–H groups in total. The average molecular weight is 379 g/mol. The van der Waals surface area contributed by atoms with E-state index in [1.165, 1.54) is 21.5 Å². The highest BCUT2D eigenvalue weighted by atomic mass is 35.5. The van der Waals surface area contributed by atoms with E-state index in [0.29, 0.717) is 0 Å². The molecule has 0 aliphatic carbocycles. The monoisotopic (exact) mass is 378 g/mol. The Morgan fingerprint density at radius 3 is 2.25 bits per heavy atom. The SMILES string of the molecule is Clc1ccc2oc3ccccc3c2c1-c1ccc2c(ccc3ccccc32)c1. The van der Waals surface area contributed by atoms with Crippen molar-refractivity contribution in [1.82, 2.24) is 0 Å². The van der Waals surface area contributed by atoms with E-state index in [1.807, 2.05) is 30.3 Å². The molecule has 0 bridgehead atoms. The number of benzene rings is 5. The molecule has 5 aromatic carbocycles. The van der Waals surface area contributed by atoms with E-state index in [4.69, 9.17) is 16.0 Å². The number of hydrogen-bond donors (Lipinski definition) is 0. The van der Waals surface area contributed by atoms with Gasteiger partial charge in [-0.2, -0.15) is 0 Å². The molecule has 6 rings (SSSR count). The van der Waals surface area contributed by atoms with Crippen molar-refractivity contribution in [3.63, 3.8) is 0 Å². The maximum Gasteiger partial charge on any atom is 0.136 e. The summed E-state index contributed by atoms with van der Waals surface area (Å²) in [6.07, 6.45) is 0. The second-order valence-corrected chi connectivity index (χ2v) is 7.52. The normalized spacial score (nSPS) is 11.8. The minimum Gasteiger partial charge on any atom is -0.456 e. The first-order chi connectivity index (χ1) is 13.8. The van der Waals surface area contributed by atoms with Gasteiger partial charge in [-0.3, -0.25) is 0 Å². The molecule has 0 fully saturated rings. The Morgan fingerprint density at radius 2 is 1.32 bits per heavy atom. The molecule has 0 saturated carbocycles. The van der Waals surface area contributed by atoms with E-state index in [9.17, 15) is 0 Å². The standard InChI is InChI=1S/C26H15ClO/c27-22-13-14-24-26(21-7-3-4-8-23(21)28-24)25(22)18-11-12-20-17(15-18)10-9-16-5-1-2-6-19(16)20/h1-15H. The van der Waals surface area contributed by atoms with E-state index in [0.717, 1.165) is 38.1 Å². The summed E-state index contributed by atoms with van der Waals surface area (Å²) in [4.78, 5) is 0. The predicted octanol–water partition coefficient (Wildman–Crippen LogP) is 8.21. The molecule has 1 aromatic heterocycles. The van der Waals surface area contributed by atoms with Gasteiger partial charge in [0.15, 0.2) is 0 Å². The molecular weight excluding hydrogens is 364 g/mol. The Hall–Kier alpha value is -3.29. The van der Waals surface area contributed by atoms with Crippen LogP contribution in [-0.2, 0) is 0 Å². The van der Waals surface area contributed by atoms with Gasteiger partial charge in [0.1, 0.15) is 11.2 Å². The Labute approximate surface area is 166 Å². The van der Waals surface area contributed by atoms with Crippen LogP contribution in [0.25, 0.3) is 54.6 Å². The number of hydrogen-bond acceptors (Lipinski definition) is 1. The molecule has 0 saturated heterocycles. The average Bonchev–Trinajstić information content (AvgIpc) is 3.12. The fourth-order valence-corrected chi connectivity index (χ4v) is 4.51. The van der Waals surface area contributed by atoms with Gasteiger partial charge in [0, 0.05) is 21.4 Å². The molecular formula is C26H15ClO. The smallest absolute Gasteiger partial charge is 0.136 e. The first kappa shape index (κ1) is 15.7. The Bertz CT molecular complexity index is 1520. The first-order valence-electron chi connectivity index (χ1n) is 9.31. The van der Waals surface area contributed by atoms with E-state index >= 15 is 0 Å². The third-order valence-corrected chi connectivity index (χ3v) is 5.84. The Kier molecular flexibility index (Phi) is 3.29. The van der Waals surface area contributed by atoms with Gasteiger partial charge >= 0.3 is 0 Å². The van der Waals surface area contributed by atoms with Crippen LogP contribution in [0.4, 0.5) is 0 Å². The number of rotatable bonds is 1. The van der Waals surface area contributed by atoms with Crippen LogP contribution in [0.5, 0.6) is 0 Å². The summed E-state index contributed by atoms with van der Waals surface area (Å²) in [5, 5.41) is 7.88. The van der Waals surface area contributed by atoms with E-state index in [1.54, 1.807) is 0 Å². The van der Waals surface area contributed by atoms with Crippen LogP contribution >= 0.6 is 11.6 Å². The molecule has 1 heterocycles. The van der Waals surface area contributed by atoms with Crippen molar-refractivity contribution < 1.29 is 4.42 Å². The van der Waals surface area contributed by atoms with E-state index in [2.05, 4.69) is 60.7 Å². The van der Waals surface area contributed by atoms with Gasteiger partial charge in [0.2, 0.25) is 0 Å². The third kappa shape index (κ3) is 2.20. The fourth-order valence-electron chi connectivity index (χ4n) is 4.24. The summed E-state index contributed by atoms with van der Waals surface area (Å²) in [6.45, 7) is 0. The molecule has 132 valence electrons. The Morgan fingerprint density at radius 1 is 0.571 bits per heavy atom. The van der Waals surface area contributed by atoms with Crippen molar-refractivity contribution in [2.75, 3.05) is 0 Å². The van der Waals surface area contributed by atoms with Crippen molar-refractivity contribution in [3.05, 3.63) is 96.0 Å². The van der Waals surface area contributed by atoms with E-state index < -0.39 is 0 Å². The third-order valence-electron chi connectivity index (χ3n) is 5.53. The van der Waals surface area contributed by atoms with Crippen LogP contribution < -0.4 is 0 Å². The molecule has 0 unspecified atom stereocenters. The van der Waals surface area contributed by atoms with Gasteiger partial charge < -0.3 is 4.42 Å². The molecule has 0 atom stereocenters. The summed E-state index contributed by atoms with van der Waals surface area (Å²) in [5.41, 5.74) is 3.87. The van der Waals surface area contributed by atoms with Crippen LogP contribution in [0, 0.1) is 0 Å². The highest BCUT2D eigenvalue weighted by Gasteiger charge is 2.16. The van der Waals surface area contributed by atoms with Crippen molar-refractivity contribution in [2.45, 2.75) is 0 Å². The molecule has 28 heavy (non-hydrogen) atoms. The van der Waals surface area contributed by atoms with Crippen LogP contribution in [0.3, 0.4) is 0 Å². The zero-order valence-corrected chi connectivity index (χ0v) is 15.7. The van der Waals surface area contributed by atoms with Crippen molar-refractivity contribution in [1.29, 1.82) is 0 Å². The highest BCUT2D eigenvalue weighted by molar-refractivity contribution is 6.36. The first-order valence-corrected chi connectivity index (χ1v) is 9.69. The van der Waals surface area contributed by atoms with Crippen LogP contribution in [0.15, 0.2) is 95.4 Å². The lowest BCUT2D eigenvalue weighted by Gasteiger charge is -2.10.